The molecular formula is C30H30N4O. The molecule has 3 aromatic rings. The first kappa shape index (κ1) is 23.0. The molecule has 5 nitrogen and oxygen atoms in total. The number of carbonyl (C=O) groups is 1. The van der Waals surface area contributed by atoms with Crippen molar-refractivity contribution in [2.75, 3.05) is 0 Å². The van der Waals surface area contributed by atoms with Crippen LogP contribution in [-0.4, -0.2) is 27.2 Å². The van der Waals surface area contributed by atoms with Gasteiger partial charge in [-0.2, -0.15) is 5.26 Å². The number of hydrogen-bond donors (Lipinski definition) is 0. The summed E-state index contributed by atoms with van der Waals surface area (Å²) in [6, 6.07) is 20.4. The number of aliphatic imine (C=N–C) groups is 1. The summed E-state index contributed by atoms with van der Waals surface area (Å²) in [6.07, 6.45) is 5.67. The lowest BCUT2D eigenvalue weighted by atomic mass is 9.95. The zero-order valence-electron chi connectivity index (χ0n) is 20.6. The molecule has 0 saturated heterocycles. The van der Waals surface area contributed by atoms with E-state index >= 15 is 0 Å². The maximum atomic E-state index is 13.4. The molecule has 1 amide bonds. The van der Waals surface area contributed by atoms with Crippen LogP contribution in [0, 0.1) is 24.2 Å². The summed E-state index contributed by atoms with van der Waals surface area (Å²) >= 11 is 0. The Morgan fingerprint density at radius 3 is 2.40 bits per heavy atom. The van der Waals surface area contributed by atoms with Gasteiger partial charge in [0.2, 0.25) is 0 Å². The second-order valence-electron chi connectivity index (χ2n) is 10.0. The maximum Gasteiger partial charge on any atom is 0.256 e. The molecular weight excluding hydrogens is 432 g/mol. The zero-order valence-corrected chi connectivity index (χ0v) is 20.6. The molecule has 1 saturated carbocycles. The smallest absolute Gasteiger partial charge is 0.256 e. The Morgan fingerprint density at radius 2 is 1.74 bits per heavy atom. The van der Waals surface area contributed by atoms with E-state index in [-0.39, 0.29) is 11.8 Å². The SMILES string of the molecule is Cc1ccnc(-c2ccc(C#N)c(-c3ccc(CN4C(=O)C5(CCCC5)N=C4C(C)C)cc3)c2)c1. The van der Waals surface area contributed by atoms with Crippen LogP contribution in [0.25, 0.3) is 22.4 Å². The summed E-state index contributed by atoms with van der Waals surface area (Å²) in [5.41, 5.74) is 6.03. The minimum absolute atomic E-state index is 0.160. The first-order valence-electron chi connectivity index (χ1n) is 12.4. The van der Waals surface area contributed by atoms with Gasteiger partial charge in [-0.15, -0.1) is 0 Å². The zero-order chi connectivity index (χ0) is 24.6. The van der Waals surface area contributed by atoms with Crippen LogP contribution in [0.2, 0.25) is 0 Å². The van der Waals surface area contributed by atoms with E-state index in [0.717, 1.165) is 65.0 Å². The Balaban J connectivity index is 1.42. The van der Waals surface area contributed by atoms with Gasteiger partial charge in [-0.05, 0) is 60.7 Å². The molecule has 0 N–H and O–H groups in total. The minimum Gasteiger partial charge on any atom is -0.294 e. The third kappa shape index (κ3) is 4.25. The Hall–Kier alpha value is -3.78. The average Bonchev–Trinajstić information content (AvgIpc) is 3.45. The van der Waals surface area contributed by atoms with Crippen molar-refractivity contribution in [2.45, 2.75) is 58.5 Å². The number of aromatic nitrogens is 1. The number of carbonyl (C=O) groups excluding carboxylic acids is 1. The van der Waals surface area contributed by atoms with E-state index in [1.807, 2.05) is 54.3 Å². The van der Waals surface area contributed by atoms with E-state index in [2.05, 4.69) is 37.0 Å². The summed E-state index contributed by atoms with van der Waals surface area (Å²) in [5.74, 6) is 1.27. The standard InChI is InChI=1S/C30H30N4O/c1-20(2)28-33-30(13-4-5-14-30)29(35)34(28)19-22-6-8-23(9-7-22)26-17-24(10-11-25(26)18-31)27-16-21(3)12-15-32-27/h6-12,15-17,20H,4-5,13-14,19H2,1-3H3. The molecule has 2 aromatic carbocycles. The molecule has 0 unspecified atom stereocenters. The lowest BCUT2D eigenvalue weighted by Gasteiger charge is -2.24. The molecule has 2 aliphatic rings. The number of hydrogen-bond acceptors (Lipinski definition) is 4. The first-order valence-corrected chi connectivity index (χ1v) is 12.4. The maximum absolute atomic E-state index is 13.4. The Labute approximate surface area is 207 Å². The van der Waals surface area contributed by atoms with Crippen LogP contribution in [0.3, 0.4) is 0 Å². The van der Waals surface area contributed by atoms with E-state index in [9.17, 15) is 10.1 Å². The summed E-state index contributed by atoms with van der Waals surface area (Å²) < 4.78 is 0. The first-order chi connectivity index (χ1) is 16.9. The number of pyridine rings is 1. The number of rotatable bonds is 5. The number of benzene rings is 2. The Bertz CT molecular complexity index is 1340. The van der Waals surface area contributed by atoms with Crippen molar-refractivity contribution in [3.63, 3.8) is 0 Å². The molecule has 1 spiro atoms. The van der Waals surface area contributed by atoms with Crippen molar-refractivity contribution in [3.8, 4) is 28.5 Å². The van der Waals surface area contributed by atoms with Gasteiger partial charge < -0.3 is 0 Å². The molecule has 5 rings (SSSR count). The predicted octanol–water partition coefficient (Wildman–Crippen LogP) is 6.31. The Morgan fingerprint density at radius 1 is 1.03 bits per heavy atom. The summed E-state index contributed by atoms with van der Waals surface area (Å²) in [5, 5.41) is 9.72. The van der Waals surface area contributed by atoms with Crippen LogP contribution >= 0.6 is 0 Å². The van der Waals surface area contributed by atoms with Crippen LogP contribution < -0.4 is 0 Å². The summed E-state index contributed by atoms with van der Waals surface area (Å²) in [7, 11) is 0. The van der Waals surface area contributed by atoms with Crippen molar-refractivity contribution in [3.05, 3.63) is 77.5 Å². The Kier molecular flexibility index (Phi) is 5.98. The molecule has 0 atom stereocenters. The molecule has 1 fully saturated rings. The van der Waals surface area contributed by atoms with Crippen LogP contribution in [0.15, 0.2) is 65.8 Å². The molecule has 1 aliphatic carbocycles. The average molecular weight is 463 g/mol. The third-order valence-corrected chi connectivity index (χ3v) is 7.15. The second kappa shape index (κ2) is 9.11. The monoisotopic (exact) mass is 462 g/mol. The van der Waals surface area contributed by atoms with Gasteiger partial charge in [-0.1, -0.05) is 57.0 Å². The quantitative estimate of drug-likeness (QED) is 0.446. The topological polar surface area (TPSA) is 69.3 Å². The number of aryl methyl sites for hydroxylation is 1. The molecule has 0 radical (unpaired) electrons. The fourth-order valence-corrected chi connectivity index (χ4v) is 5.27. The molecule has 35 heavy (non-hydrogen) atoms. The van der Waals surface area contributed by atoms with Crippen molar-refractivity contribution in [1.82, 2.24) is 9.88 Å². The van der Waals surface area contributed by atoms with Gasteiger partial charge in [-0.3, -0.25) is 19.7 Å². The van der Waals surface area contributed by atoms with Crippen molar-refractivity contribution >= 4 is 11.7 Å². The highest BCUT2D eigenvalue weighted by Crippen LogP contribution is 2.40. The largest absolute Gasteiger partial charge is 0.294 e. The third-order valence-electron chi connectivity index (χ3n) is 7.15. The van der Waals surface area contributed by atoms with E-state index < -0.39 is 5.54 Å². The van der Waals surface area contributed by atoms with Gasteiger partial charge in [0.1, 0.15) is 11.4 Å². The molecule has 0 bridgehead atoms. The molecule has 176 valence electrons. The van der Waals surface area contributed by atoms with Gasteiger partial charge in [0.05, 0.1) is 23.9 Å². The van der Waals surface area contributed by atoms with Crippen molar-refractivity contribution in [2.24, 2.45) is 10.9 Å². The van der Waals surface area contributed by atoms with Crippen LogP contribution in [0.5, 0.6) is 0 Å². The van der Waals surface area contributed by atoms with Crippen LogP contribution in [0.1, 0.15) is 56.2 Å². The van der Waals surface area contributed by atoms with Crippen molar-refractivity contribution in [1.29, 1.82) is 5.26 Å². The minimum atomic E-state index is -0.522. The molecule has 2 heterocycles. The molecule has 5 heteroatoms. The highest BCUT2D eigenvalue weighted by Gasteiger charge is 2.49. The number of amidine groups is 1. The predicted molar refractivity (Wildman–Crippen MR) is 139 cm³/mol. The fourth-order valence-electron chi connectivity index (χ4n) is 5.27. The molecule has 1 aliphatic heterocycles. The van der Waals surface area contributed by atoms with E-state index in [1.165, 1.54) is 0 Å². The highest BCUT2D eigenvalue weighted by atomic mass is 16.2. The van der Waals surface area contributed by atoms with Gasteiger partial charge in [0.15, 0.2) is 0 Å². The van der Waals surface area contributed by atoms with Crippen LogP contribution in [-0.2, 0) is 11.3 Å². The summed E-state index contributed by atoms with van der Waals surface area (Å²) in [4.78, 5) is 24.7. The van der Waals surface area contributed by atoms with Crippen molar-refractivity contribution < 1.29 is 4.79 Å². The lowest BCUT2D eigenvalue weighted by Crippen LogP contribution is -2.41. The summed E-state index contributed by atoms with van der Waals surface area (Å²) in [6.45, 7) is 6.78. The fraction of sp³-hybridized carbons (Fsp3) is 0.333. The van der Waals surface area contributed by atoms with Gasteiger partial charge in [0, 0.05) is 23.2 Å². The highest BCUT2D eigenvalue weighted by molar-refractivity contribution is 6.09. The van der Waals surface area contributed by atoms with Gasteiger partial charge >= 0.3 is 0 Å². The lowest BCUT2D eigenvalue weighted by molar-refractivity contribution is -0.131. The molecule has 1 aromatic heterocycles. The number of nitrogens with zero attached hydrogens (tertiary/aromatic N) is 4. The normalized spacial score (nSPS) is 16.7. The number of amides is 1. The van der Waals surface area contributed by atoms with E-state index in [4.69, 9.17) is 4.99 Å². The van der Waals surface area contributed by atoms with E-state index in [1.54, 1.807) is 6.20 Å². The number of nitriles is 1. The second-order valence-corrected chi connectivity index (χ2v) is 10.0. The van der Waals surface area contributed by atoms with Gasteiger partial charge in [0.25, 0.3) is 5.91 Å². The van der Waals surface area contributed by atoms with Crippen LogP contribution in [0.4, 0.5) is 0 Å². The van der Waals surface area contributed by atoms with Gasteiger partial charge in [-0.25, -0.2) is 0 Å². The van der Waals surface area contributed by atoms with E-state index in [0.29, 0.717) is 12.1 Å².